The van der Waals surface area contributed by atoms with Crippen molar-refractivity contribution >= 4 is 0 Å². The summed E-state index contributed by atoms with van der Waals surface area (Å²) in [6, 6.07) is 0. The highest BCUT2D eigenvalue weighted by atomic mass is 16.6. The second-order valence-corrected chi connectivity index (χ2v) is 8.53. The normalized spacial score (nSPS) is 12.6. The first-order valence-corrected chi connectivity index (χ1v) is 10.0. The van der Waals surface area contributed by atoms with Crippen molar-refractivity contribution in [3.63, 3.8) is 0 Å². The van der Waals surface area contributed by atoms with Gasteiger partial charge in [-0.1, -0.05) is 26.0 Å². The predicted octanol–water partition coefficient (Wildman–Crippen LogP) is 2.46. The molecule has 0 bridgehead atoms. The van der Waals surface area contributed by atoms with Crippen LogP contribution in [0.2, 0.25) is 0 Å². The van der Waals surface area contributed by atoms with Crippen molar-refractivity contribution in [3.8, 4) is 0 Å². The Bertz CT molecular complexity index is 509. The van der Waals surface area contributed by atoms with Crippen molar-refractivity contribution < 1.29 is 23.7 Å². The van der Waals surface area contributed by atoms with Crippen molar-refractivity contribution in [2.45, 2.75) is 59.1 Å². The molecule has 0 saturated heterocycles. The maximum Gasteiger partial charge on any atom is 0.0880 e. The van der Waals surface area contributed by atoms with Gasteiger partial charge in [0, 0.05) is 11.6 Å². The summed E-state index contributed by atoms with van der Waals surface area (Å²) in [5.41, 5.74) is 0.883. The summed E-state index contributed by atoms with van der Waals surface area (Å²) in [7, 11) is 0. The number of ether oxygens (including phenoxy) is 5. The van der Waals surface area contributed by atoms with E-state index in [1.54, 1.807) is 0 Å². The molecule has 0 fully saturated rings. The number of hydrogen-bond donors (Lipinski definition) is 0. The highest BCUT2D eigenvalue weighted by Crippen LogP contribution is 2.18. The summed E-state index contributed by atoms with van der Waals surface area (Å²) in [6.07, 6.45) is 1.97. The maximum absolute atomic E-state index is 5.56. The van der Waals surface area contributed by atoms with Crippen LogP contribution in [0.5, 0.6) is 0 Å². The zero-order valence-electron chi connectivity index (χ0n) is 18.5. The summed E-state index contributed by atoms with van der Waals surface area (Å²) in [5.74, 6) is 0. The Hall–Kier alpha value is -1.06. The third kappa shape index (κ3) is 13.2. The van der Waals surface area contributed by atoms with Crippen LogP contribution in [0.15, 0.2) is 6.20 Å². The predicted molar refractivity (Wildman–Crippen MR) is 108 cm³/mol. The lowest BCUT2D eigenvalue weighted by Gasteiger charge is -2.19. The van der Waals surface area contributed by atoms with Crippen molar-refractivity contribution in [2.75, 3.05) is 59.5 Å². The molecule has 8 nitrogen and oxygen atoms in total. The minimum absolute atomic E-state index is 0.0157. The van der Waals surface area contributed by atoms with E-state index in [1.807, 2.05) is 31.6 Å². The van der Waals surface area contributed by atoms with E-state index in [9.17, 15) is 0 Å². The van der Waals surface area contributed by atoms with E-state index in [0.717, 1.165) is 5.69 Å². The van der Waals surface area contributed by atoms with Gasteiger partial charge in [-0.2, -0.15) is 0 Å². The summed E-state index contributed by atoms with van der Waals surface area (Å²) in [4.78, 5) is 0. The lowest BCUT2D eigenvalue weighted by molar-refractivity contribution is -0.0460. The lowest BCUT2D eigenvalue weighted by Crippen LogP contribution is -2.22. The molecule has 0 unspecified atom stereocenters. The number of nitrogens with zero attached hydrogens (tertiary/aromatic N) is 3. The molecular weight excluding hydrogens is 362 g/mol. The van der Waals surface area contributed by atoms with Crippen LogP contribution in [-0.2, 0) is 35.6 Å². The highest BCUT2D eigenvalue weighted by Gasteiger charge is 2.17. The van der Waals surface area contributed by atoms with Gasteiger partial charge in [0.25, 0.3) is 0 Å². The van der Waals surface area contributed by atoms with Crippen molar-refractivity contribution in [1.82, 2.24) is 15.0 Å². The molecule has 0 aliphatic heterocycles. The number of hydrogen-bond acceptors (Lipinski definition) is 7. The third-order valence-electron chi connectivity index (χ3n) is 3.65. The second kappa shape index (κ2) is 13.2. The molecule has 0 radical (unpaired) electrons. The molecule has 28 heavy (non-hydrogen) atoms. The third-order valence-corrected chi connectivity index (χ3v) is 3.65. The van der Waals surface area contributed by atoms with E-state index < -0.39 is 0 Å². The summed E-state index contributed by atoms with van der Waals surface area (Å²) >= 11 is 0. The summed E-state index contributed by atoms with van der Waals surface area (Å²) < 4.78 is 29.3. The molecular formula is C20H39N3O5. The fraction of sp³-hybridized carbons (Fsp3) is 0.900. The van der Waals surface area contributed by atoms with Crippen molar-refractivity contribution in [3.05, 3.63) is 11.9 Å². The van der Waals surface area contributed by atoms with Gasteiger partial charge in [-0.05, 0) is 20.8 Å². The first-order chi connectivity index (χ1) is 13.2. The zero-order chi connectivity index (χ0) is 20.9. The van der Waals surface area contributed by atoms with Gasteiger partial charge >= 0.3 is 0 Å². The molecule has 0 spiro atoms. The largest absolute Gasteiger partial charge is 0.377 e. The van der Waals surface area contributed by atoms with Gasteiger partial charge in [-0.25, -0.2) is 4.68 Å². The van der Waals surface area contributed by atoms with Gasteiger partial charge in [0.15, 0.2) is 0 Å². The quantitative estimate of drug-likeness (QED) is 0.418. The summed E-state index contributed by atoms with van der Waals surface area (Å²) in [6.45, 7) is 18.2. The fourth-order valence-corrected chi connectivity index (χ4v) is 2.08. The van der Waals surface area contributed by atoms with Gasteiger partial charge in [0.2, 0.25) is 0 Å². The molecule has 1 aromatic rings. The van der Waals surface area contributed by atoms with Crippen molar-refractivity contribution in [2.24, 2.45) is 0 Å². The van der Waals surface area contributed by atoms with E-state index in [0.29, 0.717) is 66.0 Å². The molecule has 1 heterocycles. The molecule has 1 rings (SSSR count). The average molecular weight is 402 g/mol. The molecule has 0 aromatic carbocycles. The Kier molecular flexibility index (Phi) is 11.8. The van der Waals surface area contributed by atoms with E-state index in [2.05, 4.69) is 31.1 Å². The molecule has 0 saturated carbocycles. The van der Waals surface area contributed by atoms with E-state index in [1.165, 1.54) is 0 Å². The summed E-state index contributed by atoms with van der Waals surface area (Å²) in [5, 5.41) is 8.30. The topological polar surface area (TPSA) is 76.9 Å². The minimum Gasteiger partial charge on any atom is -0.377 e. The Labute approximate surface area is 169 Å². The Balaban J connectivity index is 1.83. The fourth-order valence-electron chi connectivity index (χ4n) is 2.08. The molecule has 164 valence electrons. The molecule has 8 heteroatoms. The highest BCUT2D eigenvalue weighted by molar-refractivity contribution is 5.06. The SMILES string of the molecule is CC(C)(C)OCCOCCOCCOCCOCCn1cc(C(C)(C)C)nn1. The van der Waals surface area contributed by atoms with Crippen molar-refractivity contribution in [1.29, 1.82) is 0 Å². The van der Waals surface area contributed by atoms with Gasteiger partial charge in [-0.15, -0.1) is 5.10 Å². The zero-order valence-corrected chi connectivity index (χ0v) is 18.5. The standard InChI is InChI=1S/C20H39N3O5/c1-19(2,3)18-17-23(22-21-18)7-8-24-9-10-25-11-12-26-13-14-27-15-16-28-20(4,5)6/h17H,7-16H2,1-6H3. The van der Waals surface area contributed by atoms with Gasteiger partial charge in [0.05, 0.1) is 77.3 Å². The lowest BCUT2D eigenvalue weighted by atomic mass is 9.93. The molecule has 0 atom stereocenters. The van der Waals surface area contributed by atoms with Gasteiger partial charge in [0.1, 0.15) is 0 Å². The Morgan fingerprint density at radius 1 is 0.714 bits per heavy atom. The average Bonchev–Trinajstić information content (AvgIpc) is 3.06. The van der Waals surface area contributed by atoms with Gasteiger partial charge in [-0.3, -0.25) is 0 Å². The number of aromatic nitrogens is 3. The van der Waals surface area contributed by atoms with E-state index in [4.69, 9.17) is 23.7 Å². The van der Waals surface area contributed by atoms with Crippen LogP contribution < -0.4 is 0 Å². The van der Waals surface area contributed by atoms with Crippen LogP contribution in [0.3, 0.4) is 0 Å². The van der Waals surface area contributed by atoms with Crippen LogP contribution in [0, 0.1) is 0 Å². The first kappa shape index (κ1) is 25.0. The molecule has 0 amide bonds. The molecule has 0 aliphatic rings. The molecule has 0 aliphatic carbocycles. The van der Waals surface area contributed by atoms with Crippen LogP contribution in [0.25, 0.3) is 0 Å². The maximum atomic E-state index is 5.56. The Morgan fingerprint density at radius 3 is 1.61 bits per heavy atom. The van der Waals surface area contributed by atoms with E-state index >= 15 is 0 Å². The van der Waals surface area contributed by atoms with Crippen LogP contribution >= 0.6 is 0 Å². The molecule has 0 N–H and O–H groups in total. The van der Waals surface area contributed by atoms with E-state index in [-0.39, 0.29) is 11.0 Å². The van der Waals surface area contributed by atoms with Gasteiger partial charge < -0.3 is 23.7 Å². The van der Waals surface area contributed by atoms with Crippen LogP contribution in [0.1, 0.15) is 47.2 Å². The minimum atomic E-state index is -0.118. The first-order valence-electron chi connectivity index (χ1n) is 10.0. The Morgan fingerprint density at radius 2 is 1.18 bits per heavy atom. The number of rotatable bonds is 15. The molecule has 1 aromatic heterocycles. The van der Waals surface area contributed by atoms with Crippen LogP contribution in [0.4, 0.5) is 0 Å². The van der Waals surface area contributed by atoms with Crippen LogP contribution in [-0.4, -0.2) is 80.1 Å². The monoisotopic (exact) mass is 401 g/mol. The smallest absolute Gasteiger partial charge is 0.0880 e. The second-order valence-electron chi connectivity index (χ2n) is 8.53.